The number of fused-ring (bicyclic) bond motifs is 1. The SMILES string of the molecule is Cc1cccc2c(=O)n(CCC(=O)OCC(=O)Nc3ccc(OC(F)(F)F)cc3)cnc12. The number of alkyl halides is 3. The second kappa shape index (κ2) is 9.50. The molecular weight excluding hydrogens is 431 g/mol. The van der Waals surface area contributed by atoms with Gasteiger partial charge in [0.25, 0.3) is 11.5 Å². The number of rotatable bonds is 7. The van der Waals surface area contributed by atoms with E-state index >= 15 is 0 Å². The van der Waals surface area contributed by atoms with E-state index in [1.165, 1.54) is 23.0 Å². The molecule has 168 valence electrons. The highest BCUT2D eigenvalue weighted by atomic mass is 19.4. The Morgan fingerprint density at radius 1 is 1.12 bits per heavy atom. The Hall–Kier alpha value is -3.89. The molecule has 1 heterocycles. The molecule has 0 aliphatic heterocycles. The van der Waals surface area contributed by atoms with Crippen molar-refractivity contribution in [3.63, 3.8) is 0 Å². The monoisotopic (exact) mass is 449 g/mol. The van der Waals surface area contributed by atoms with Crippen molar-refractivity contribution >= 4 is 28.5 Å². The molecule has 0 spiro atoms. The van der Waals surface area contributed by atoms with Crippen molar-refractivity contribution in [2.75, 3.05) is 11.9 Å². The average Bonchev–Trinajstić information content (AvgIpc) is 2.73. The van der Waals surface area contributed by atoms with Gasteiger partial charge in [0.1, 0.15) is 5.75 Å². The first-order valence-electron chi connectivity index (χ1n) is 9.38. The van der Waals surface area contributed by atoms with Gasteiger partial charge in [0.05, 0.1) is 23.7 Å². The van der Waals surface area contributed by atoms with Crippen LogP contribution < -0.4 is 15.6 Å². The molecule has 1 aromatic heterocycles. The minimum atomic E-state index is -4.81. The van der Waals surface area contributed by atoms with Crippen LogP contribution in [0.25, 0.3) is 10.9 Å². The van der Waals surface area contributed by atoms with Crippen molar-refractivity contribution in [1.29, 1.82) is 0 Å². The van der Waals surface area contributed by atoms with Gasteiger partial charge in [-0.2, -0.15) is 0 Å². The van der Waals surface area contributed by atoms with E-state index in [9.17, 15) is 27.6 Å². The third-order valence-electron chi connectivity index (χ3n) is 4.35. The van der Waals surface area contributed by atoms with E-state index in [2.05, 4.69) is 15.0 Å². The Morgan fingerprint density at radius 2 is 1.84 bits per heavy atom. The minimum absolute atomic E-state index is 0.0246. The summed E-state index contributed by atoms with van der Waals surface area (Å²) in [6, 6.07) is 9.72. The lowest BCUT2D eigenvalue weighted by Gasteiger charge is -2.10. The van der Waals surface area contributed by atoms with Crippen LogP contribution in [0.15, 0.2) is 53.6 Å². The number of aromatic nitrogens is 2. The van der Waals surface area contributed by atoms with Crippen LogP contribution in [0, 0.1) is 6.92 Å². The lowest BCUT2D eigenvalue weighted by atomic mass is 10.1. The number of esters is 1. The van der Waals surface area contributed by atoms with E-state index in [0.717, 1.165) is 17.7 Å². The summed E-state index contributed by atoms with van der Waals surface area (Å²) in [4.78, 5) is 40.5. The number of ether oxygens (including phenoxy) is 2. The van der Waals surface area contributed by atoms with E-state index in [0.29, 0.717) is 10.9 Å². The summed E-state index contributed by atoms with van der Waals surface area (Å²) in [6.07, 6.45) is -3.62. The summed E-state index contributed by atoms with van der Waals surface area (Å²) >= 11 is 0. The van der Waals surface area contributed by atoms with E-state index in [1.807, 2.05) is 13.0 Å². The molecule has 0 saturated heterocycles. The number of benzene rings is 2. The van der Waals surface area contributed by atoms with Gasteiger partial charge in [0.2, 0.25) is 0 Å². The average molecular weight is 449 g/mol. The van der Waals surface area contributed by atoms with Crippen molar-refractivity contribution in [3.8, 4) is 5.75 Å². The second-order valence-corrected chi connectivity index (χ2v) is 6.75. The quantitative estimate of drug-likeness (QED) is 0.557. The van der Waals surface area contributed by atoms with Gasteiger partial charge in [0.15, 0.2) is 6.61 Å². The van der Waals surface area contributed by atoms with Crippen LogP contribution in [0.3, 0.4) is 0 Å². The van der Waals surface area contributed by atoms with Gasteiger partial charge in [-0.3, -0.25) is 19.0 Å². The fourth-order valence-electron chi connectivity index (χ4n) is 2.86. The summed E-state index contributed by atoms with van der Waals surface area (Å²) in [7, 11) is 0. The predicted octanol–water partition coefficient (Wildman–Crippen LogP) is 3.18. The highest BCUT2D eigenvalue weighted by Crippen LogP contribution is 2.23. The molecule has 0 saturated carbocycles. The highest BCUT2D eigenvalue weighted by Gasteiger charge is 2.30. The van der Waals surface area contributed by atoms with E-state index < -0.39 is 30.6 Å². The molecule has 0 atom stereocenters. The number of nitrogens with one attached hydrogen (secondary N) is 1. The van der Waals surface area contributed by atoms with Crippen LogP contribution >= 0.6 is 0 Å². The Labute approximate surface area is 179 Å². The Balaban J connectivity index is 1.48. The summed E-state index contributed by atoms with van der Waals surface area (Å²) in [5.74, 6) is -1.82. The molecule has 32 heavy (non-hydrogen) atoms. The van der Waals surface area contributed by atoms with E-state index in [4.69, 9.17) is 4.74 Å². The molecule has 1 amide bonds. The van der Waals surface area contributed by atoms with E-state index in [1.54, 1.807) is 12.1 Å². The maximum absolute atomic E-state index is 12.5. The molecule has 3 aromatic rings. The van der Waals surface area contributed by atoms with Gasteiger partial charge in [-0.05, 0) is 42.8 Å². The Morgan fingerprint density at radius 3 is 2.53 bits per heavy atom. The number of halogens is 3. The number of amides is 1. The number of hydrogen-bond donors (Lipinski definition) is 1. The molecule has 11 heteroatoms. The third-order valence-corrected chi connectivity index (χ3v) is 4.35. The van der Waals surface area contributed by atoms with Crippen molar-refractivity contribution in [2.45, 2.75) is 26.3 Å². The highest BCUT2D eigenvalue weighted by molar-refractivity contribution is 5.92. The normalized spacial score (nSPS) is 11.2. The van der Waals surface area contributed by atoms with Crippen molar-refractivity contribution in [3.05, 3.63) is 64.7 Å². The molecular formula is C21H18F3N3O5. The number of hydrogen-bond acceptors (Lipinski definition) is 6. The smallest absolute Gasteiger partial charge is 0.456 e. The zero-order chi connectivity index (χ0) is 23.3. The van der Waals surface area contributed by atoms with Crippen LogP contribution in [0.5, 0.6) is 5.75 Å². The number of nitrogens with zero attached hydrogens (tertiary/aromatic N) is 2. The minimum Gasteiger partial charge on any atom is -0.456 e. The molecule has 1 N–H and O–H groups in total. The molecule has 0 unspecified atom stereocenters. The molecule has 0 radical (unpaired) electrons. The van der Waals surface area contributed by atoms with Gasteiger partial charge >= 0.3 is 12.3 Å². The van der Waals surface area contributed by atoms with Crippen molar-refractivity contribution in [1.82, 2.24) is 9.55 Å². The molecule has 3 rings (SSSR count). The maximum Gasteiger partial charge on any atom is 0.573 e. The van der Waals surface area contributed by atoms with Crippen LogP contribution in [-0.4, -0.2) is 34.4 Å². The number of anilines is 1. The van der Waals surface area contributed by atoms with Gasteiger partial charge in [-0.1, -0.05) is 12.1 Å². The molecule has 0 aliphatic rings. The van der Waals surface area contributed by atoms with Crippen molar-refractivity contribution < 1.29 is 32.2 Å². The first-order chi connectivity index (χ1) is 15.1. The third kappa shape index (κ3) is 6.06. The van der Waals surface area contributed by atoms with Gasteiger partial charge in [-0.25, -0.2) is 4.98 Å². The summed E-state index contributed by atoms with van der Waals surface area (Å²) in [5, 5.41) is 2.81. The zero-order valence-electron chi connectivity index (χ0n) is 16.8. The Bertz CT molecular complexity index is 1190. The number of aryl methyl sites for hydroxylation is 2. The standard InChI is InChI=1S/C21H18F3N3O5/c1-13-3-2-4-16-19(13)25-12-27(20(16)30)10-9-18(29)31-11-17(28)26-14-5-7-15(8-6-14)32-21(22,23)24/h2-8,12H,9-11H2,1H3,(H,26,28). The molecule has 8 nitrogen and oxygen atoms in total. The maximum atomic E-state index is 12.5. The lowest BCUT2D eigenvalue weighted by Crippen LogP contribution is -2.24. The summed E-state index contributed by atoms with van der Waals surface area (Å²) < 4.78 is 46.3. The first kappa shape index (κ1) is 22.8. The van der Waals surface area contributed by atoms with E-state index in [-0.39, 0.29) is 24.2 Å². The second-order valence-electron chi connectivity index (χ2n) is 6.75. The summed E-state index contributed by atoms with van der Waals surface area (Å²) in [5.41, 5.74) is 1.36. The topological polar surface area (TPSA) is 99.5 Å². The van der Waals surface area contributed by atoms with Gasteiger partial charge in [0, 0.05) is 12.2 Å². The first-order valence-corrected chi connectivity index (χ1v) is 9.38. The molecule has 0 fully saturated rings. The molecule has 0 bridgehead atoms. The van der Waals surface area contributed by atoms with Crippen LogP contribution in [0.2, 0.25) is 0 Å². The predicted molar refractivity (Wildman–Crippen MR) is 108 cm³/mol. The number of carbonyl (C=O) groups excluding carboxylic acids is 2. The molecule has 2 aromatic carbocycles. The van der Waals surface area contributed by atoms with Crippen LogP contribution in [0.1, 0.15) is 12.0 Å². The van der Waals surface area contributed by atoms with Gasteiger partial charge < -0.3 is 14.8 Å². The number of carbonyl (C=O) groups is 2. The number of para-hydroxylation sites is 1. The van der Waals surface area contributed by atoms with Crippen LogP contribution in [-0.2, 0) is 20.9 Å². The van der Waals surface area contributed by atoms with Crippen molar-refractivity contribution in [2.24, 2.45) is 0 Å². The van der Waals surface area contributed by atoms with Gasteiger partial charge in [-0.15, -0.1) is 13.2 Å². The largest absolute Gasteiger partial charge is 0.573 e. The fourth-order valence-corrected chi connectivity index (χ4v) is 2.86. The fraction of sp³-hybridized carbons (Fsp3) is 0.238. The van der Waals surface area contributed by atoms with Crippen LogP contribution in [0.4, 0.5) is 18.9 Å². The Kier molecular flexibility index (Phi) is 6.76. The zero-order valence-corrected chi connectivity index (χ0v) is 16.8. The lowest BCUT2D eigenvalue weighted by molar-refractivity contribution is -0.274. The summed E-state index contributed by atoms with van der Waals surface area (Å²) in [6.45, 7) is 1.27. The molecule has 0 aliphatic carbocycles.